The van der Waals surface area contributed by atoms with Crippen LogP contribution in [0, 0.1) is 11.8 Å². The fourth-order valence-electron chi connectivity index (χ4n) is 3.17. The summed E-state index contributed by atoms with van der Waals surface area (Å²) in [6.07, 6.45) is 9.19. The maximum Gasteiger partial charge on any atom is 0.0973 e. The molecule has 29 heavy (non-hydrogen) atoms. The van der Waals surface area contributed by atoms with Crippen LogP contribution in [0.1, 0.15) is 37.3 Å². The summed E-state index contributed by atoms with van der Waals surface area (Å²) in [5.74, 6) is 6.29. The molecule has 2 nitrogen and oxygen atoms in total. The number of alkyl halides is 1. The molecule has 146 valence electrons. The largest absolute Gasteiger partial charge is 0.261 e. The van der Waals surface area contributed by atoms with E-state index in [4.69, 9.17) is 0 Å². The maximum atomic E-state index is 12.8. The molecule has 0 bridgehead atoms. The van der Waals surface area contributed by atoms with E-state index in [-0.39, 0.29) is 0 Å². The molecule has 0 aliphatic carbocycles. The number of nitrogens with zero attached hydrogens (tertiary/aromatic N) is 2. The van der Waals surface area contributed by atoms with Gasteiger partial charge < -0.3 is 0 Å². The van der Waals surface area contributed by atoms with Crippen molar-refractivity contribution in [3.05, 3.63) is 84.8 Å². The van der Waals surface area contributed by atoms with E-state index in [2.05, 4.69) is 58.7 Å². The minimum atomic E-state index is -0.748. The molecule has 0 N–H and O–H groups in total. The lowest BCUT2D eigenvalue weighted by atomic mass is 9.95. The van der Waals surface area contributed by atoms with Gasteiger partial charge in [-0.2, -0.15) is 0 Å². The molecule has 2 aromatic carbocycles. The van der Waals surface area contributed by atoms with Gasteiger partial charge >= 0.3 is 0 Å². The second kappa shape index (κ2) is 10.3. The van der Waals surface area contributed by atoms with E-state index in [1.807, 2.05) is 18.2 Å². The highest BCUT2D eigenvalue weighted by atomic mass is 19.1. The quantitative estimate of drug-likeness (QED) is 0.267. The Labute approximate surface area is 172 Å². The predicted octanol–water partition coefficient (Wildman–Crippen LogP) is 6.42. The Hall–Kier alpha value is -3.25. The minimum Gasteiger partial charge on any atom is -0.261 e. The number of hydrogen-bond donors (Lipinski definition) is 0. The fraction of sp³-hybridized carbons (Fsp3) is 0.231. The predicted molar refractivity (Wildman–Crippen MR) is 118 cm³/mol. The van der Waals surface area contributed by atoms with Crippen LogP contribution in [0.25, 0.3) is 22.4 Å². The molecule has 0 saturated heterocycles. The molecule has 0 aliphatic heterocycles. The first kappa shape index (κ1) is 20.5. The normalized spacial score (nSPS) is 11.4. The average Bonchev–Trinajstić information content (AvgIpc) is 2.74. The van der Waals surface area contributed by atoms with E-state index in [1.165, 1.54) is 5.56 Å². The van der Waals surface area contributed by atoms with Crippen molar-refractivity contribution >= 4 is 0 Å². The smallest absolute Gasteiger partial charge is 0.0973 e. The van der Waals surface area contributed by atoms with Gasteiger partial charge in [0.05, 0.1) is 18.1 Å². The zero-order chi connectivity index (χ0) is 20.5. The van der Waals surface area contributed by atoms with Gasteiger partial charge in [-0.05, 0) is 55.0 Å². The molecule has 0 amide bonds. The summed E-state index contributed by atoms with van der Waals surface area (Å²) in [5, 5.41) is 0. The van der Waals surface area contributed by atoms with Gasteiger partial charge in [0, 0.05) is 29.9 Å². The Morgan fingerprint density at radius 1 is 1.10 bits per heavy atom. The summed E-state index contributed by atoms with van der Waals surface area (Å²) in [5.41, 5.74) is 6.37. The second-order valence-corrected chi connectivity index (χ2v) is 7.01. The van der Waals surface area contributed by atoms with Gasteiger partial charge in [0.2, 0.25) is 0 Å². The van der Waals surface area contributed by atoms with Gasteiger partial charge in [-0.15, -0.1) is 6.58 Å². The van der Waals surface area contributed by atoms with Gasteiger partial charge in [-0.25, -0.2) is 4.39 Å². The Kier molecular flexibility index (Phi) is 7.30. The fourth-order valence-corrected chi connectivity index (χ4v) is 3.17. The van der Waals surface area contributed by atoms with E-state index >= 15 is 0 Å². The Morgan fingerprint density at radius 2 is 1.90 bits per heavy atom. The molecule has 0 saturated carbocycles. The SMILES string of the molecule is C=CCc1cc(-c2ccc(C#CCCCC(C)F)cc2)ccc1-c1cnccn1. The van der Waals surface area contributed by atoms with E-state index in [0.717, 1.165) is 47.2 Å². The van der Waals surface area contributed by atoms with Crippen LogP contribution in [0.3, 0.4) is 0 Å². The van der Waals surface area contributed by atoms with Crippen molar-refractivity contribution in [2.75, 3.05) is 0 Å². The molecule has 0 aliphatic rings. The van der Waals surface area contributed by atoms with Gasteiger partial charge in [0.25, 0.3) is 0 Å². The Bertz CT molecular complexity index is 996. The summed E-state index contributed by atoms with van der Waals surface area (Å²) in [6.45, 7) is 5.47. The monoisotopic (exact) mass is 384 g/mol. The molecular formula is C26H25FN2. The zero-order valence-corrected chi connectivity index (χ0v) is 16.7. The molecule has 3 heteroatoms. The molecule has 0 spiro atoms. The summed E-state index contributed by atoms with van der Waals surface area (Å²) >= 11 is 0. The topological polar surface area (TPSA) is 25.8 Å². The van der Waals surface area contributed by atoms with E-state index in [1.54, 1.807) is 25.5 Å². The molecule has 1 unspecified atom stereocenters. The lowest BCUT2D eigenvalue weighted by Gasteiger charge is -2.10. The number of allylic oxidation sites excluding steroid dienone is 1. The number of aromatic nitrogens is 2. The van der Waals surface area contributed by atoms with Crippen molar-refractivity contribution in [1.29, 1.82) is 0 Å². The highest BCUT2D eigenvalue weighted by Gasteiger charge is 2.08. The Balaban J connectivity index is 1.77. The summed E-state index contributed by atoms with van der Waals surface area (Å²) in [6, 6.07) is 14.6. The highest BCUT2D eigenvalue weighted by molar-refractivity contribution is 5.72. The van der Waals surface area contributed by atoms with E-state index < -0.39 is 6.17 Å². The standard InChI is InChI=1S/C26H25FN2/c1-3-7-24-18-23(14-15-25(24)26-19-28-16-17-29-26)22-12-10-21(11-13-22)9-6-4-5-8-20(2)27/h3,10-20H,1,4-5,7-8H2,2H3. The van der Waals surface area contributed by atoms with Crippen LogP contribution in [0.2, 0.25) is 0 Å². The second-order valence-electron chi connectivity index (χ2n) is 7.01. The molecule has 1 heterocycles. The maximum absolute atomic E-state index is 12.8. The first-order chi connectivity index (χ1) is 14.2. The third-order valence-electron chi connectivity index (χ3n) is 4.66. The average molecular weight is 384 g/mol. The van der Waals surface area contributed by atoms with Gasteiger partial charge in [0.15, 0.2) is 0 Å². The van der Waals surface area contributed by atoms with Crippen molar-refractivity contribution in [1.82, 2.24) is 9.97 Å². The van der Waals surface area contributed by atoms with Crippen LogP contribution in [-0.4, -0.2) is 16.1 Å². The summed E-state index contributed by atoms with van der Waals surface area (Å²) < 4.78 is 12.8. The van der Waals surface area contributed by atoms with Crippen LogP contribution in [0.4, 0.5) is 4.39 Å². The molecule has 0 radical (unpaired) electrons. The molecule has 1 aromatic heterocycles. The van der Waals surface area contributed by atoms with Crippen molar-refractivity contribution < 1.29 is 4.39 Å². The van der Waals surface area contributed by atoms with Crippen LogP contribution in [-0.2, 0) is 6.42 Å². The summed E-state index contributed by atoms with van der Waals surface area (Å²) in [4.78, 5) is 8.60. The molecule has 3 rings (SSSR count). The van der Waals surface area contributed by atoms with Crippen LogP contribution in [0.15, 0.2) is 73.7 Å². The number of benzene rings is 2. The molecular weight excluding hydrogens is 359 g/mol. The summed E-state index contributed by atoms with van der Waals surface area (Å²) in [7, 11) is 0. The lowest BCUT2D eigenvalue weighted by molar-refractivity contribution is 0.336. The van der Waals surface area contributed by atoms with Crippen LogP contribution < -0.4 is 0 Å². The Morgan fingerprint density at radius 3 is 2.59 bits per heavy atom. The number of halogens is 1. The lowest BCUT2D eigenvalue weighted by Crippen LogP contribution is -1.92. The first-order valence-electron chi connectivity index (χ1n) is 9.91. The number of rotatable bonds is 7. The van der Waals surface area contributed by atoms with Crippen molar-refractivity contribution in [3.63, 3.8) is 0 Å². The van der Waals surface area contributed by atoms with Gasteiger partial charge in [-0.1, -0.05) is 48.2 Å². The van der Waals surface area contributed by atoms with Crippen molar-refractivity contribution in [2.24, 2.45) is 0 Å². The van der Waals surface area contributed by atoms with E-state index in [0.29, 0.717) is 6.42 Å². The first-order valence-corrected chi connectivity index (χ1v) is 9.91. The zero-order valence-electron chi connectivity index (χ0n) is 16.7. The van der Waals surface area contributed by atoms with Crippen molar-refractivity contribution in [3.8, 4) is 34.2 Å². The molecule has 1 atom stereocenters. The van der Waals surface area contributed by atoms with Gasteiger partial charge in [0.1, 0.15) is 0 Å². The van der Waals surface area contributed by atoms with Gasteiger partial charge in [-0.3, -0.25) is 9.97 Å². The molecule has 0 fully saturated rings. The molecule has 3 aromatic rings. The third-order valence-corrected chi connectivity index (χ3v) is 4.66. The van der Waals surface area contributed by atoms with Crippen molar-refractivity contribution in [2.45, 2.75) is 38.8 Å². The van der Waals surface area contributed by atoms with E-state index in [9.17, 15) is 4.39 Å². The van der Waals surface area contributed by atoms with Crippen LogP contribution >= 0.6 is 0 Å². The highest BCUT2D eigenvalue weighted by Crippen LogP contribution is 2.28. The number of hydrogen-bond acceptors (Lipinski definition) is 2. The minimum absolute atomic E-state index is 0.575. The third kappa shape index (κ3) is 5.86. The number of unbranched alkanes of at least 4 members (excludes halogenated alkanes) is 1. The van der Waals surface area contributed by atoms with Crippen LogP contribution in [0.5, 0.6) is 0 Å².